The van der Waals surface area contributed by atoms with Crippen LogP contribution in [-0.2, 0) is 0 Å². The van der Waals surface area contributed by atoms with Gasteiger partial charge in [0.1, 0.15) is 6.17 Å². The van der Waals surface area contributed by atoms with E-state index in [1.165, 1.54) is 6.42 Å². The van der Waals surface area contributed by atoms with Crippen molar-refractivity contribution in [2.45, 2.75) is 39.8 Å². The quantitative estimate of drug-likeness (QED) is 0.490. The molecular formula is C9H17F. The molecule has 1 aliphatic carbocycles. The first-order valence-electron chi connectivity index (χ1n) is 4.25. The predicted octanol–water partition coefficient (Wildman–Crippen LogP) is 3.03. The van der Waals surface area contributed by atoms with Gasteiger partial charge in [0.2, 0.25) is 0 Å². The van der Waals surface area contributed by atoms with Crippen molar-refractivity contribution in [3.8, 4) is 0 Å². The maximum absolute atomic E-state index is 13.1. The van der Waals surface area contributed by atoms with E-state index in [1.807, 2.05) is 6.92 Å². The minimum atomic E-state index is -0.543. The zero-order chi connectivity index (χ0) is 7.72. The molecule has 0 aromatic carbocycles. The molecule has 0 radical (unpaired) electrons. The van der Waals surface area contributed by atoms with Crippen LogP contribution in [0.25, 0.3) is 0 Å². The van der Waals surface area contributed by atoms with Gasteiger partial charge in [-0.3, -0.25) is 0 Å². The van der Waals surface area contributed by atoms with Crippen LogP contribution in [-0.4, -0.2) is 6.17 Å². The molecule has 0 spiro atoms. The summed E-state index contributed by atoms with van der Waals surface area (Å²) in [6.45, 7) is 6.34. The molecule has 0 heterocycles. The molecule has 0 amide bonds. The first-order chi connectivity index (χ1) is 4.61. The summed E-state index contributed by atoms with van der Waals surface area (Å²) < 4.78 is 13.1. The summed E-state index contributed by atoms with van der Waals surface area (Å²) in [5.41, 5.74) is 0. The summed E-state index contributed by atoms with van der Waals surface area (Å²) in [6, 6.07) is 0. The first-order valence-corrected chi connectivity index (χ1v) is 4.25. The second-order valence-corrected chi connectivity index (χ2v) is 3.93. The highest BCUT2D eigenvalue weighted by atomic mass is 19.1. The molecule has 1 fully saturated rings. The van der Waals surface area contributed by atoms with Gasteiger partial charge < -0.3 is 0 Å². The summed E-state index contributed by atoms with van der Waals surface area (Å²) in [5, 5.41) is 0. The SMILES string of the molecule is CC1CC(C)C(C)C(F)C1. The Hall–Kier alpha value is -0.0700. The van der Waals surface area contributed by atoms with Crippen LogP contribution >= 0.6 is 0 Å². The van der Waals surface area contributed by atoms with Crippen molar-refractivity contribution in [1.82, 2.24) is 0 Å². The first kappa shape index (κ1) is 8.03. The lowest BCUT2D eigenvalue weighted by atomic mass is 9.75. The van der Waals surface area contributed by atoms with E-state index in [2.05, 4.69) is 13.8 Å². The number of hydrogen-bond donors (Lipinski definition) is 0. The second-order valence-electron chi connectivity index (χ2n) is 3.93. The number of alkyl halides is 1. The molecule has 0 nitrogen and oxygen atoms in total. The minimum Gasteiger partial charge on any atom is -0.247 e. The van der Waals surface area contributed by atoms with Gasteiger partial charge in [0, 0.05) is 0 Å². The Labute approximate surface area is 62.8 Å². The molecule has 0 aliphatic heterocycles. The molecule has 1 aliphatic rings. The van der Waals surface area contributed by atoms with Crippen LogP contribution in [0.3, 0.4) is 0 Å². The fourth-order valence-corrected chi connectivity index (χ4v) is 1.90. The maximum atomic E-state index is 13.1. The van der Waals surface area contributed by atoms with Crippen LogP contribution < -0.4 is 0 Å². The Morgan fingerprint density at radius 3 is 2.20 bits per heavy atom. The molecule has 4 unspecified atom stereocenters. The highest BCUT2D eigenvalue weighted by Crippen LogP contribution is 2.34. The standard InChI is InChI=1S/C9H17F/c1-6-4-7(2)8(3)9(10)5-6/h6-9H,4-5H2,1-3H3. The van der Waals surface area contributed by atoms with E-state index in [1.54, 1.807) is 0 Å². The number of hydrogen-bond acceptors (Lipinski definition) is 0. The monoisotopic (exact) mass is 144 g/mol. The van der Waals surface area contributed by atoms with Gasteiger partial charge in [-0.1, -0.05) is 20.8 Å². The van der Waals surface area contributed by atoms with E-state index in [-0.39, 0.29) is 5.92 Å². The van der Waals surface area contributed by atoms with Crippen LogP contribution in [0.5, 0.6) is 0 Å². The lowest BCUT2D eigenvalue weighted by molar-refractivity contribution is 0.0966. The van der Waals surface area contributed by atoms with E-state index in [9.17, 15) is 4.39 Å². The van der Waals surface area contributed by atoms with Crippen molar-refractivity contribution in [1.29, 1.82) is 0 Å². The van der Waals surface area contributed by atoms with E-state index >= 15 is 0 Å². The number of rotatable bonds is 0. The summed E-state index contributed by atoms with van der Waals surface area (Å²) in [5.74, 6) is 1.47. The third kappa shape index (κ3) is 1.50. The second kappa shape index (κ2) is 2.89. The zero-order valence-corrected chi connectivity index (χ0v) is 7.10. The highest BCUT2D eigenvalue weighted by molar-refractivity contribution is 4.79. The van der Waals surface area contributed by atoms with Gasteiger partial charge >= 0.3 is 0 Å². The molecule has 0 aromatic heterocycles. The largest absolute Gasteiger partial charge is 0.247 e. The number of halogens is 1. The summed E-state index contributed by atoms with van der Waals surface area (Å²) in [6.07, 6.45) is 1.45. The molecule has 0 saturated heterocycles. The van der Waals surface area contributed by atoms with Crippen LogP contribution in [0.15, 0.2) is 0 Å². The molecule has 0 aromatic rings. The van der Waals surface area contributed by atoms with Crippen LogP contribution in [0.4, 0.5) is 4.39 Å². The van der Waals surface area contributed by atoms with Crippen molar-refractivity contribution in [3.05, 3.63) is 0 Å². The summed E-state index contributed by atoms with van der Waals surface area (Å²) >= 11 is 0. The third-order valence-corrected chi connectivity index (χ3v) is 2.87. The lowest BCUT2D eigenvalue weighted by Gasteiger charge is -2.32. The van der Waals surface area contributed by atoms with Crippen molar-refractivity contribution in [2.75, 3.05) is 0 Å². The Kier molecular flexibility index (Phi) is 2.32. The summed E-state index contributed by atoms with van der Waals surface area (Å²) in [7, 11) is 0. The molecule has 1 rings (SSSR count). The molecule has 60 valence electrons. The van der Waals surface area contributed by atoms with Crippen molar-refractivity contribution in [3.63, 3.8) is 0 Å². The maximum Gasteiger partial charge on any atom is 0.103 e. The van der Waals surface area contributed by atoms with Crippen molar-refractivity contribution >= 4 is 0 Å². The van der Waals surface area contributed by atoms with E-state index in [0.717, 1.165) is 6.42 Å². The molecular weight excluding hydrogens is 127 g/mol. The Balaban J connectivity index is 2.49. The Morgan fingerprint density at radius 2 is 1.70 bits per heavy atom. The Bertz CT molecular complexity index is 99.3. The fraction of sp³-hybridized carbons (Fsp3) is 1.00. The summed E-state index contributed by atoms with van der Waals surface area (Å²) in [4.78, 5) is 0. The van der Waals surface area contributed by atoms with Crippen LogP contribution in [0, 0.1) is 17.8 Å². The smallest absolute Gasteiger partial charge is 0.103 e. The average Bonchev–Trinajstić information content (AvgIpc) is 1.82. The fourth-order valence-electron chi connectivity index (χ4n) is 1.90. The molecule has 1 heteroatoms. The van der Waals surface area contributed by atoms with Gasteiger partial charge in [0.25, 0.3) is 0 Å². The van der Waals surface area contributed by atoms with E-state index in [4.69, 9.17) is 0 Å². The van der Waals surface area contributed by atoms with E-state index < -0.39 is 6.17 Å². The topological polar surface area (TPSA) is 0 Å². The zero-order valence-electron chi connectivity index (χ0n) is 7.10. The highest BCUT2D eigenvalue weighted by Gasteiger charge is 2.30. The van der Waals surface area contributed by atoms with Crippen molar-refractivity contribution in [2.24, 2.45) is 17.8 Å². The normalized spacial score (nSPS) is 49.2. The molecule has 4 atom stereocenters. The molecule has 10 heavy (non-hydrogen) atoms. The minimum absolute atomic E-state index is 0.288. The lowest BCUT2D eigenvalue weighted by Crippen LogP contribution is -2.29. The van der Waals surface area contributed by atoms with Gasteiger partial charge in [-0.25, -0.2) is 4.39 Å². The van der Waals surface area contributed by atoms with E-state index in [0.29, 0.717) is 11.8 Å². The van der Waals surface area contributed by atoms with Gasteiger partial charge in [-0.05, 0) is 30.6 Å². The van der Waals surface area contributed by atoms with Gasteiger partial charge in [0.15, 0.2) is 0 Å². The van der Waals surface area contributed by atoms with Gasteiger partial charge in [0.05, 0.1) is 0 Å². The van der Waals surface area contributed by atoms with Crippen molar-refractivity contribution < 1.29 is 4.39 Å². The van der Waals surface area contributed by atoms with Crippen LogP contribution in [0.1, 0.15) is 33.6 Å². The predicted molar refractivity (Wildman–Crippen MR) is 41.6 cm³/mol. The van der Waals surface area contributed by atoms with Gasteiger partial charge in [-0.2, -0.15) is 0 Å². The molecule has 0 bridgehead atoms. The van der Waals surface area contributed by atoms with Gasteiger partial charge in [-0.15, -0.1) is 0 Å². The molecule has 1 saturated carbocycles. The molecule has 0 N–H and O–H groups in total. The van der Waals surface area contributed by atoms with Crippen LogP contribution in [0.2, 0.25) is 0 Å². The Morgan fingerprint density at radius 1 is 1.10 bits per heavy atom. The third-order valence-electron chi connectivity index (χ3n) is 2.87. The average molecular weight is 144 g/mol.